The number of aromatic nitrogens is 1. The largest absolute Gasteiger partial charge is 0.347 e. The first-order valence-corrected chi connectivity index (χ1v) is 23.0. The number of benzene rings is 7. The lowest BCUT2D eigenvalue weighted by Gasteiger charge is -2.25. The van der Waals surface area contributed by atoms with Crippen molar-refractivity contribution in [2.45, 2.75) is 111 Å². The van der Waals surface area contributed by atoms with E-state index in [1.807, 2.05) is 36.5 Å². The number of fused-ring (bicyclic) bond motifs is 4. The zero-order valence-electron chi connectivity index (χ0n) is 39.8. The van der Waals surface area contributed by atoms with Crippen molar-refractivity contribution < 1.29 is 4.79 Å². The molecule has 0 atom stereocenters. The number of hydrogen-bond acceptors (Lipinski definition) is 2. The van der Waals surface area contributed by atoms with Crippen LogP contribution in [0, 0.1) is 0 Å². The van der Waals surface area contributed by atoms with E-state index in [0.29, 0.717) is 12.2 Å². The Balaban J connectivity index is 1.47. The number of carbonyl (C=O) groups excluding carboxylic acids is 1. The van der Waals surface area contributed by atoms with Gasteiger partial charge in [0, 0.05) is 23.5 Å². The summed E-state index contributed by atoms with van der Waals surface area (Å²) in [5.74, 6) is -0.189. The molecule has 8 aromatic rings. The van der Waals surface area contributed by atoms with Gasteiger partial charge >= 0.3 is 0 Å². The normalized spacial score (nSPS) is 13.2. The van der Waals surface area contributed by atoms with E-state index in [-0.39, 0.29) is 27.6 Å². The highest BCUT2D eigenvalue weighted by atomic mass is 16.1. The van der Waals surface area contributed by atoms with Crippen molar-refractivity contribution in [3.05, 3.63) is 184 Å². The highest BCUT2D eigenvalue weighted by molar-refractivity contribution is 6.37. The van der Waals surface area contributed by atoms with Crippen LogP contribution in [0.1, 0.15) is 138 Å². The predicted octanol–water partition coefficient (Wildman–Crippen LogP) is 15.9. The minimum absolute atomic E-state index is 0.00355. The first-order valence-electron chi connectivity index (χ1n) is 23.0. The Labute approximate surface area is 380 Å². The van der Waals surface area contributed by atoms with Gasteiger partial charge in [0.2, 0.25) is 0 Å². The molecule has 3 nitrogen and oxygen atoms in total. The SMILES string of the molecule is CC(C)(C)c1ccc(C2=Cc3c(-c4ccc(C(C)(C)C)cc4)c4ccnc(C(=O)NCc5ccccc5)c4c4c3c2c(-c2ccc(C(C)(C)C)cc2)c2cc(C(C)(C)C)ccc24)cc1. The molecule has 0 unspecified atom stereocenters. The summed E-state index contributed by atoms with van der Waals surface area (Å²) in [4.78, 5) is 19.8. The van der Waals surface area contributed by atoms with Crippen molar-refractivity contribution in [2.75, 3.05) is 0 Å². The molecule has 0 aliphatic heterocycles. The van der Waals surface area contributed by atoms with Crippen molar-refractivity contribution >= 4 is 49.9 Å². The van der Waals surface area contributed by atoms with Gasteiger partial charge in [-0.05, 0) is 134 Å². The standard InChI is InChI=1S/C61H62N2O/c1-58(2,3)41-24-18-38(19-25-41)47-35-49-50(39-20-26-42(27-21-39)59(4,5)6)46-32-33-62-56(57(64)63-36-37-16-14-13-15-17-37)55(46)52-45-31-30-44(61(10,11)12)34-48(45)51(53(47)54(49)52)40-22-28-43(29-23-40)60(7,8)9/h13-35H,36H2,1-12H3,(H,63,64). The third kappa shape index (κ3) is 7.63. The molecule has 0 saturated carbocycles. The second-order valence-corrected chi connectivity index (χ2v) is 22.1. The van der Waals surface area contributed by atoms with E-state index in [1.54, 1.807) is 0 Å². The second-order valence-electron chi connectivity index (χ2n) is 22.1. The number of nitrogens with zero attached hydrogens (tertiary/aromatic N) is 1. The van der Waals surface area contributed by atoms with E-state index < -0.39 is 0 Å². The van der Waals surface area contributed by atoms with Gasteiger partial charge in [-0.3, -0.25) is 9.78 Å². The number of hydrogen-bond donors (Lipinski definition) is 1. The molecule has 322 valence electrons. The van der Waals surface area contributed by atoms with E-state index in [1.165, 1.54) is 61.0 Å². The van der Waals surface area contributed by atoms with Crippen LogP contribution in [0.4, 0.5) is 0 Å². The molecule has 1 N–H and O–H groups in total. The molecule has 7 aromatic carbocycles. The summed E-state index contributed by atoms with van der Waals surface area (Å²) in [7, 11) is 0. The molecular weight excluding hydrogens is 777 g/mol. The highest BCUT2D eigenvalue weighted by Gasteiger charge is 2.33. The van der Waals surface area contributed by atoms with Crippen LogP contribution in [0.25, 0.3) is 66.2 Å². The quantitative estimate of drug-likeness (QED) is 0.170. The fourth-order valence-corrected chi connectivity index (χ4v) is 9.60. The fraction of sp³-hybridized carbons (Fsp3) is 0.279. The number of pyridine rings is 1. The monoisotopic (exact) mass is 838 g/mol. The highest BCUT2D eigenvalue weighted by Crippen LogP contribution is 2.55. The maximum Gasteiger partial charge on any atom is 0.270 e. The molecule has 0 saturated heterocycles. The lowest BCUT2D eigenvalue weighted by molar-refractivity contribution is 0.0948. The Bertz CT molecular complexity index is 3140. The van der Waals surface area contributed by atoms with Crippen molar-refractivity contribution in [1.82, 2.24) is 10.3 Å². The number of rotatable bonds is 6. The van der Waals surface area contributed by atoms with Crippen LogP contribution < -0.4 is 5.32 Å². The predicted molar refractivity (Wildman–Crippen MR) is 273 cm³/mol. The summed E-state index contributed by atoms with van der Waals surface area (Å²) in [5, 5.41) is 9.68. The Morgan fingerprint density at radius 3 is 1.50 bits per heavy atom. The molecule has 9 rings (SSSR count). The Kier molecular flexibility index (Phi) is 10.4. The van der Waals surface area contributed by atoms with E-state index in [2.05, 4.69) is 192 Å². The molecule has 1 aromatic heterocycles. The third-order valence-electron chi connectivity index (χ3n) is 13.4. The van der Waals surface area contributed by atoms with Crippen LogP contribution >= 0.6 is 0 Å². The van der Waals surface area contributed by atoms with Gasteiger partial charge in [-0.25, -0.2) is 0 Å². The maximum atomic E-state index is 14.8. The minimum atomic E-state index is -0.189. The second kappa shape index (κ2) is 15.4. The number of amides is 1. The van der Waals surface area contributed by atoms with Crippen LogP contribution in [-0.2, 0) is 28.2 Å². The van der Waals surface area contributed by atoms with Crippen LogP contribution in [0.2, 0.25) is 0 Å². The average molecular weight is 839 g/mol. The van der Waals surface area contributed by atoms with Gasteiger partial charge in [0.05, 0.1) is 0 Å². The molecule has 0 bridgehead atoms. The van der Waals surface area contributed by atoms with Crippen LogP contribution in [0.15, 0.2) is 134 Å². The molecule has 1 aliphatic carbocycles. The first kappa shape index (κ1) is 43.0. The van der Waals surface area contributed by atoms with Crippen molar-refractivity contribution in [3.8, 4) is 22.3 Å². The maximum absolute atomic E-state index is 14.8. The van der Waals surface area contributed by atoms with Gasteiger partial charge in [-0.2, -0.15) is 0 Å². The molecule has 0 radical (unpaired) electrons. The topological polar surface area (TPSA) is 42.0 Å². The van der Waals surface area contributed by atoms with Gasteiger partial charge in [-0.1, -0.05) is 198 Å². The molecule has 3 heteroatoms. The van der Waals surface area contributed by atoms with Crippen LogP contribution in [-0.4, -0.2) is 10.9 Å². The first-order chi connectivity index (χ1) is 30.2. The van der Waals surface area contributed by atoms with Gasteiger partial charge in [0.15, 0.2) is 0 Å². The molecule has 64 heavy (non-hydrogen) atoms. The summed E-state index contributed by atoms with van der Waals surface area (Å²) in [6, 6.07) is 46.9. The van der Waals surface area contributed by atoms with Crippen molar-refractivity contribution in [3.63, 3.8) is 0 Å². The van der Waals surface area contributed by atoms with E-state index in [4.69, 9.17) is 4.98 Å². The summed E-state index contributed by atoms with van der Waals surface area (Å²) < 4.78 is 0. The molecule has 1 heterocycles. The van der Waals surface area contributed by atoms with E-state index >= 15 is 0 Å². The minimum Gasteiger partial charge on any atom is -0.347 e. The van der Waals surface area contributed by atoms with Crippen molar-refractivity contribution in [1.29, 1.82) is 0 Å². The van der Waals surface area contributed by atoms with Crippen LogP contribution in [0.5, 0.6) is 0 Å². The van der Waals surface area contributed by atoms with E-state index in [0.717, 1.165) is 43.6 Å². The fourth-order valence-electron chi connectivity index (χ4n) is 9.60. The summed E-state index contributed by atoms with van der Waals surface area (Å²) in [6.45, 7) is 27.7. The summed E-state index contributed by atoms with van der Waals surface area (Å²) in [6.07, 6.45) is 4.27. The number of nitrogens with one attached hydrogen (secondary N) is 1. The average Bonchev–Trinajstić information content (AvgIpc) is 3.64. The van der Waals surface area contributed by atoms with E-state index in [9.17, 15) is 4.79 Å². The molecule has 1 aliphatic rings. The Morgan fingerprint density at radius 1 is 0.469 bits per heavy atom. The smallest absolute Gasteiger partial charge is 0.270 e. The zero-order valence-corrected chi connectivity index (χ0v) is 39.8. The van der Waals surface area contributed by atoms with Crippen LogP contribution in [0.3, 0.4) is 0 Å². The lowest BCUT2D eigenvalue weighted by Crippen LogP contribution is -2.24. The van der Waals surface area contributed by atoms with Gasteiger partial charge in [0.25, 0.3) is 5.91 Å². The Hall–Kier alpha value is -6.32. The van der Waals surface area contributed by atoms with Gasteiger partial charge < -0.3 is 5.32 Å². The molecule has 0 fully saturated rings. The third-order valence-corrected chi connectivity index (χ3v) is 13.4. The Morgan fingerprint density at radius 2 is 0.969 bits per heavy atom. The molecular formula is C61H62N2O. The van der Waals surface area contributed by atoms with Gasteiger partial charge in [0.1, 0.15) is 5.69 Å². The summed E-state index contributed by atoms with van der Waals surface area (Å²) >= 11 is 0. The zero-order chi connectivity index (χ0) is 45.5. The molecule has 0 spiro atoms. The van der Waals surface area contributed by atoms with Crippen molar-refractivity contribution in [2.24, 2.45) is 0 Å². The number of carbonyl (C=O) groups is 1. The molecule has 1 amide bonds. The summed E-state index contributed by atoms with van der Waals surface area (Å²) in [5.41, 5.74) is 15.9. The van der Waals surface area contributed by atoms with Gasteiger partial charge in [-0.15, -0.1) is 0 Å². The lowest BCUT2D eigenvalue weighted by atomic mass is 9.78.